The number of rotatable bonds is 4. The molecular weight excluding hydrogens is 731 g/mol. The molecule has 59 heavy (non-hydrogen) atoms. The Balaban J connectivity index is 0.986. The molecule has 1 heterocycles. The van der Waals surface area contributed by atoms with Crippen molar-refractivity contribution in [2.24, 2.45) is 0 Å². The van der Waals surface area contributed by atoms with Crippen LogP contribution in [0.15, 0.2) is 150 Å². The highest BCUT2D eigenvalue weighted by Crippen LogP contribution is 2.58. The normalized spacial score (nSPS) is 21.3. The smallest absolute Gasteiger partial charge is 0.0465 e. The fourth-order valence-electron chi connectivity index (χ4n) is 12.0. The number of nitrogens with zero attached hydrogens (tertiary/aromatic N) is 1. The zero-order valence-electron chi connectivity index (χ0n) is 35.1. The van der Waals surface area contributed by atoms with Gasteiger partial charge in [-0.05, 0) is 152 Å². The molecule has 2 heteroatoms. The molecule has 6 aromatic carbocycles. The van der Waals surface area contributed by atoms with Gasteiger partial charge < -0.3 is 4.90 Å². The van der Waals surface area contributed by atoms with Crippen LogP contribution in [-0.2, 0) is 16.2 Å². The summed E-state index contributed by atoms with van der Waals surface area (Å²) < 4.78 is 0. The third kappa shape index (κ3) is 4.93. The first kappa shape index (κ1) is 35.6. The molecule has 0 bridgehead atoms. The molecule has 0 amide bonds. The molecule has 2 atom stereocenters. The number of hydrogen-bond donors (Lipinski definition) is 0. The summed E-state index contributed by atoms with van der Waals surface area (Å²) in [7, 11) is 0. The number of hydrogen-bond acceptors (Lipinski definition) is 2. The Bertz CT molecular complexity index is 2890. The Labute approximate surface area is 354 Å². The molecule has 0 saturated heterocycles. The molecule has 0 aromatic heterocycles. The summed E-state index contributed by atoms with van der Waals surface area (Å²) in [5.41, 5.74) is 24.7. The van der Waals surface area contributed by atoms with Crippen molar-refractivity contribution in [3.63, 3.8) is 0 Å². The second kappa shape index (κ2) is 12.4. The predicted octanol–water partition coefficient (Wildman–Crippen LogP) is 15.7. The van der Waals surface area contributed by atoms with Crippen LogP contribution in [0.25, 0.3) is 39.0 Å². The standard InChI is InChI=1S/C57H51NS/c1-55(2)47-19-10-7-14-39(47)41-28-26-36(30-49(41)55)58(35-24-22-34(23-25-35)38-17-13-18-44-43-16-9-12-21-53(43)59-54(38)44)37-27-29-42-46-33-51-45(32-52(46)57(5,6)50(42)31-37)40-15-8-11-20-48(40)56(51,3)4/h7-8,11-15,17-18,20-33,43,53H,9-10,16,19H2,1-6H3. The Morgan fingerprint density at radius 3 is 1.92 bits per heavy atom. The van der Waals surface area contributed by atoms with Crippen LogP contribution in [0.1, 0.15) is 112 Å². The third-order valence-electron chi connectivity index (χ3n) is 15.3. The van der Waals surface area contributed by atoms with E-state index in [0.717, 1.165) is 12.8 Å². The van der Waals surface area contributed by atoms with Gasteiger partial charge in [0, 0.05) is 49.4 Å². The van der Waals surface area contributed by atoms with E-state index in [4.69, 9.17) is 0 Å². The van der Waals surface area contributed by atoms with Crippen molar-refractivity contribution in [1.29, 1.82) is 0 Å². The number of allylic oxidation sites excluding steroid dienone is 5. The van der Waals surface area contributed by atoms with Crippen LogP contribution in [0, 0.1) is 0 Å². The van der Waals surface area contributed by atoms with Gasteiger partial charge in [0.25, 0.3) is 0 Å². The second-order valence-electron chi connectivity index (χ2n) is 19.5. The Morgan fingerprint density at radius 2 is 1.15 bits per heavy atom. The predicted molar refractivity (Wildman–Crippen MR) is 251 cm³/mol. The van der Waals surface area contributed by atoms with Gasteiger partial charge in [-0.1, -0.05) is 138 Å². The first-order chi connectivity index (χ1) is 28.5. The molecule has 0 saturated carbocycles. The van der Waals surface area contributed by atoms with Crippen molar-refractivity contribution in [3.8, 4) is 33.4 Å². The monoisotopic (exact) mass is 781 g/mol. The van der Waals surface area contributed by atoms with E-state index in [1.165, 1.54) is 107 Å². The van der Waals surface area contributed by atoms with Gasteiger partial charge in [-0.3, -0.25) is 0 Å². The van der Waals surface area contributed by atoms with E-state index in [-0.39, 0.29) is 16.2 Å². The molecule has 6 aromatic rings. The van der Waals surface area contributed by atoms with Gasteiger partial charge in [0.15, 0.2) is 0 Å². The highest BCUT2D eigenvalue weighted by molar-refractivity contribution is 8.00. The number of thioether (sulfide) groups is 1. The van der Waals surface area contributed by atoms with Crippen molar-refractivity contribution in [3.05, 3.63) is 184 Å². The third-order valence-corrected chi connectivity index (χ3v) is 16.7. The first-order valence-corrected chi connectivity index (χ1v) is 22.8. The zero-order valence-corrected chi connectivity index (χ0v) is 35.9. The molecular formula is C57H51NS. The lowest BCUT2D eigenvalue weighted by Gasteiger charge is -2.30. The minimum Gasteiger partial charge on any atom is -0.310 e. The van der Waals surface area contributed by atoms with E-state index >= 15 is 0 Å². The van der Waals surface area contributed by atoms with Crippen LogP contribution in [0.4, 0.5) is 17.1 Å². The minimum atomic E-state index is -0.153. The number of anilines is 3. The fraction of sp³-hybridized carbons (Fsp3) is 0.263. The van der Waals surface area contributed by atoms with E-state index in [1.807, 2.05) is 0 Å². The molecule has 2 unspecified atom stereocenters. The van der Waals surface area contributed by atoms with E-state index in [2.05, 4.69) is 198 Å². The number of benzene rings is 6. The van der Waals surface area contributed by atoms with E-state index in [0.29, 0.717) is 11.2 Å². The van der Waals surface area contributed by atoms with Crippen molar-refractivity contribution in [1.82, 2.24) is 0 Å². The molecule has 5 aliphatic carbocycles. The molecule has 0 fully saturated rings. The Hall–Kier alpha value is -5.31. The summed E-state index contributed by atoms with van der Waals surface area (Å²) in [6, 6.07) is 45.1. The Kier molecular flexibility index (Phi) is 7.47. The largest absolute Gasteiger partial charge is 0.310 e. The van der Waals surface area contributed by atoms with Crippen LogP contribution in [-0.4, -0.2) is 5.25 Å². The molecule has 1 nitrogen and oxygen atoms in total. The molecule has 0 spiro atoms. The van der Waals surface area contributed by atoms with Gasteiger partial charge in [0.1, 0.15) is 0 Å². The van der Waals surface area contributed by atoms with E-state index in [1.54, 1.807) is 11.1 Å². The van der Waals surface area contributed by atoms with Crippen molar-refractivity contribution >= 4 is 34.4 Å². The van der Waals surface area contributed by atoms with Gasteiger partial charge in [-0.15, -0.1) is 11.8 Å². The van der Waals surface area contributed by atoms with Crippen molar-refractivity contribution in [2.45, 2.75) is 99.5 Å². The molecule has 0 radical (unpaired) electrons. The van der Waals surface area contributed by atoms with Gasteiger partial charge >= 0.3 is 0 Å². The van der Waals surface area contributed by atoms with E-state index < -0.39 is 0 Å². The molecule has 6 aliphatic rings. The van der Waals surface area contributed by atoms with Gasteiger partial charge in [0.2, 0.25) is 0 Å². The lowest BCUT2D eigenvalue weighted by atomic mass is 9.78. The SMILES string of the molecule is CC1(C)C2=C(C=CCC2)c2ccc(N(c3ccc(-c4cccc5c4SC4C=CCCC54)cc3)c3ccc4c(c3)C(C)(C)c3cc5c(cc3-4)C(C)(C)c3ccccc3-5)cc21. The average Bonchev–Trinajstić information content (AvgIpc) is 3.89. The summed E-state index contributed by atoms with van der Waals surface area (Å²) in [5, 5.41) is 0.563. The van der Waals surface area contributed by atoms with Gasteiger partial charge in [-0.25, -0.2) is 0 Å². The average molecular weight is 782 g/mol. The van der Waals surface area contributed by atoms with Crippen LogP contribution >= 0.6 is 11.8 Å². The second-order valence-corrected chi connectivity index (χ2v) is 20.6. The number of fused-ring (bicyclic) bond motifs is 11. The maximum atomic E-state index is 2.53. The summed E-state index contributed by atoms with van der Waals surface area (Å²) >= 11 is 2.07. The van der Waals surface area contributed by atoms with Crippen LogP contribution < -0.4 is 4.90 Å². The van der Waals surface area contributed by atoms with Crippen molar-refractivity contribution < 1.29 is 0 Å². The topological polar surface area (TPSA) is 3.24 Å². The maximum Gasteiger partial charge on any atom is 0.0465 e. The van der Waals surface area contributed by atoms with Crippen LogP contribution in [0.3, 0.4) is 0 Å². The fourth-order valence-corrected chi connectivity index (χ4v) is 13.6. The van der Waals surface area contributed by atoms with Gasteiger partial charge in [0.05, 0.1) is 0 Å². The summed E-state index contributed by atoms with van der Waals surface area (Å²) in [4.78, 5) is 4.00. The summed E-state index contributed by atoms with van der Waals surface area (Å²) in [6.45, 7) is 14.5. The summed E-state index contributed by atoms with van der Waals surface area (Å²) in [5.74, 6) is 0.632. The van der Waals surface area contributed by atoms with Crippen LogP contribution in [0.2, 0.25) is 0 Å². The van der Waals surface area contributed by atoms with E-state index in [9.17, 15) is 0 Å². The zero-order chi connectivity index (χ0) is 40.0. The molecule has 290 valence electrons. The Morgan fingerprint density at radius 1 is 0.525 bits per heavy atom. The van der Waals surface area contributed by atoms with Crippen LogP contribution in [0.5, 0.6) is 0 Å². The lowest BCUT2D eigenvalue weighted by molar-refractivity contribution is 0.607. The quantitative estimate of drug-likeness (QED) is 0.164. The minimum absolute atomic E-state index is 0.00690. The molecule has 12 rings (SSSR count). The summed E-state index contributed by atoms with van der Waals surface area (Å²) in [6.07, 6.45) is 14.3. The molecule has 1 aliphatic heterocycles. The lowest BCUT2D eigenvalue weighted by Crippen LogP contribution is -2.19. The first-order valence-electron chi connectivity index (χ1n) is 21.9. The maximum absolute atomic E-state index is 2.53. The molecule has 0 N–H and O–H groups in total. The van der Waals surface area contributed by atoms with Gasteiger partial charge in [-0.2, -0.15) is 0 Å². The van der Waals surface area contributed by atoms with Crippen molar-refractivity contribution in [2.75, 3.05) is 4.90 Å². The highest BCUT2D eigenvalue weighted by atomic mass is 32.2. The highest BCUT2D eigenvalue weighted by Gasteiger charge is 2.43.